The van der Waals surface area contributed by atoms with Crippen LogP contribution in [0.1, 0.15) is 25.1 Å². The van der Waals surface area contributed by atoms with Crippen molar-refractivity contribution in [3.63, 3.8) is 0 Å². The Kier molecular flexibility index (Phi) is 2.46. The van der Waals surface area contributed by atoms with Gasteiger partial charge in [0, 0.05) is 17.6 Å². The van der Waals surface area contributed by atoms with Gasteiger partial charge in [0.1, 0.15) is 11.9 Å². The van der Waals surface area contributed by atoms with E-state index in [0.29, 0.717) is 5.19 Å². The van der Waals surface area contributed by atoms with Crippen molar-refractivity contribution in [3.05, 3.63) is 5.82 Å². The molecular weight excluding hydrogens is 186 g/mol. The largest absolute Gasteiger partial charge is 0.464 e. The molecule has 2 atom stereocenters. The van der Waals surface area contributed by atoms with E-state index >= 15 is 0 Å². The fourth-order valence-electron chi connectivity index (χ4n) is 1.56. The van der Waals surface area contributed by atoms with Crippen molar-refractivity contribution in [1.82, 2.24) is 9.36 Å². The van der Waals surface area contributed by atoms with Gasteiger partial charge in [-0.1, -0.05) is 0 Å². The van der Waals surface area contributed by atoms with Crippen LogP contribution < -0.4 is 10.5 Å². The van der Waals surface area contributed by atoms with E-state index in [9.17, 15) is 0 Å². The second kappa shape index (κ2) is 3.59. The summed E-state index contributed by atoms with van der Waals surface area (Å²) in [6.45, 7) is 1.86. The van der Waals surface area contributed by atoms with E-state index in [1.54, 1.807) is 0 Å². The summed E-state index contributed by atoms with van der Waals surface area (Å²) < 4.78 is 9.68. The highest BCUT2D eigenvalue weighted by Crippen LogP contribution is 2.24. The molecule has 1 aliphatic carbocycles. The molecule has 0 amide bonds. The minimum Gasteiger partial charge on any atom is -0.464 e. The van der Waals surface area contributed by atoms with Crippen molar-refractivity contribution in [2.75, 3.05) is 0 Å². The zero-order chi connectivity index (χ0) is 9.26. The Morgan fingerprint density at radius 2 is 2.38 bits per heavy atom. The molecule has 1 aliphatic rings. The lowest BCUT2D eigenvalue weighted by atomic mass is 10.2. The molecule has 2 N–H and O–H groups in total. The molecule has 2 unspecified atom stereocenters. The van der Waals surface area contributed by atoms with Crippen LogP contribution in [0.25, 0.3) is 0 Å². The summed E-state index contributed by atoms with van der Waals surface area (Å²) in [4.78, 5) is 4.14. The molecule has 0 saturated heterocycles. The summed E-state index contributed by atoms with van der Waals surface area (Å²) in [6, 6.07) is 0.171. The van der Waals surface area contributed by atoms with Crippen molar-refractivity contribution in [3.8, 4) is 5.19 Å². The monoisotopic (exact) mass is 199 g/mol. The van der Waals surface area contributed by atoms with Crippen LogP contribution in [0.4, 0.5) is 0 Å². The predicted octanol–water partition coefficient (Wildman–Crippen LogP) is 1.11. The Morgan fingerprint density at radius 3 is 2.92 bits per heavy atom. The van der Waals surface area contributed by atoms with E-state index in [-0.39, 0.29) is 12.1 Å². The first-order valence-corrected chi connectivity index (χ1v) is 5.25. The van der Waals surface area contributed by atoms with Gasteiger partial charge in [-0.3, -0.25) is 0 Å². The first kappa shape index (κ1) is 8.90. The summed E-state index contributed by atoms with van der Waals surface area (Å²) in [6.07, 6.45) is 3.40. The third-order valence-electron chi connectivity index (χ3n) is 2.26. The van der Waals surface area contributed by atoms with Crippen molar-refractivity contribution in [2.45, 2.75) is 38.3 Å². The number of nitrogens with two attached hydrogens (primary N) is 1. The lowest BCUT2D eigenvalue weighted by molar-refractivity contribution is 0.190. The number of ether oxygens (including phenoxy) is 1. The van der Waals surface area contributed by atoms with Gasteiger partial charge in [0.25, 0.3) is 5.19 Å². The van der Waals surface area contributed by atoms with Gasteiger partial charge < -0.3 is 10.5 Å². The summed E-state index contributed by atoms with van der Waals surface area (Å²) >= 11 is 1.30. The molecule has 5 heteroatoms. The third kappa shape index (κ3) is 1.97. The molecule has 1 fully saturated rings. The van der Waals surface area contributed by atoms with Gasteiger partial charge in [-0.15, -0.1) is 0 Å². The Bertz CT molecular complexity index is 289. The van der Waals surface area contributed by atoms with Crippen molar-refractivity contribution >= 4 is 11.5 Å². The predicted molar refractivity (Wildman–Crippen MR) is 50.9 cm³/mol. The molecule has 1 aromatic rings. The Hall–Kier alpha value is -0.680. The molecular formula is C8H13N3OS. The lowest BCUT2D eigenvalue weighted by Gasteiger charge is -2.14. The van der Waals surface area contributed by atoms with Crippen LogP contribution in [0.5, 0.6) is 5.19 Å². The van der Waals surface area contributed by atoms with Crippen LogP contribution in [-0.2, 0) is 0 Å². The number of hydrogen-bond acceptors (Lipinski definition) is 5. The van der Waals surface area contributed by atoms with Gasteiger partial charge in [-0.2, -0.15) is 9.36 Å². The zero-order valence-corrected chi connectivity index (χ0v) is 8.38. The second-order valence-corrected chi connectivity index (χ2v) is 4.07. The minimum absolute atomic E-state index is 0.146. The molecule has 13 heavy (non-hydrogen) atoms. The van der Waals surface area contributed by atoms with Gasteiger partial charge in [0.05, 0.1) is 0 Å². The van der Waals surface area contributed by atoms with Crippen LogP contribution in [-0.4, -0.2) is 21.5 Å². The second-order valence-electron chi connectivity index (χ2n) is 3.36. The average molecular weight is 199 g/mol. The van der Waals surface area contributed by atoms with Crippen LogP contribution in [0.15, 0.2) is 0 Å². The lowest BCUT2D eigenvalue weighted by Crippen LogP contribution is -2.33. The first-order valence-electron chi connectivity index (χ1n) is 4.48. The van der Waals surface area contributed by atoms with Crippen LogP contribution in [0.3, 0.4) is 0 Å². The standard InChI is InChI=1S/C8H13N3OS/c1-5-10-8(13-11-5)12-7-4-2-3-6(7)9/h6-7H,2-4,9H2,1H3. The van der Waals surface area contributed by atoms with Crippen molar-refractivity contribution < 1.29 is 4.74 Å². The van der Waals surface area contributed by atoms with Crippen LogP contribution >= 0.6 is 11.5 Å². The molecule has 0 spiro atoms. The number of hydrogen-bond donors (Lipinski definition) is 1. The van der Waals surface area contributed by atoms with E-state index in [2.05, 4.69) is 9.36 Å². The molecule has 0 aromatic carbocycles. The van der Waals surface area contributed by atoms with Gasteiger partial charge in [-0.05, 0) is 26.2 Å². The number of nitrogens with zero attached hydrogens (tertiary/aromatic N) is 2. The summed E-state index contributed by atoms with van der Waals surface area (Å²) in [5, 5.41) is 0.653. The highest BCUT2D eigenvalue weighted by atomic mass is 32.1. The SMILES string of the molecule is Cc1nsc(OC2CCCC2N)n1. The number of aryl methyl sites for hydroxylation is 1. The first-order chi connectivity index (χ1) is 6.25. The van der Waals surface area contributed by atoms with E-state index in [1.807, 2.05) is 6.92 Å². The summed E-state index contributed by atoms with van der Waals surface area (Å²) in [5.41, 5.74) is 5.87. The molecule has 0 radical (unpaired) electrons. The molecule has 4 nitrogen and oxygen atoms in total. The highest BCUT2D eigenvalue weighted by Gasteiger charge is 2.26. The van der Waals surface area contributed by atoms with Gasteiger partial charge in [-0.25, -0.2) is 0 Å². The molecule has 72 valence electrons. The fraction of sp³-hybridized carbons (Fsp3) is 0.750. The van der Waals surface area contributed by atoms with Gasteiger partial charge in [0.15, 0.2) is 0 Å². The molecule has 1 heterocycles. The topological polar surface area (TPSA) is 61.0 Å². The average Bonchev–Trinajstić information content (AvgIpc) is 2.64. The van der Waals surface area contributed by atoms with E-state index in [1.165, 1.54) is 11.5 Å². The fourth-order valence-corrected chi connectivity index (χ4v) is 2.15. The maximum atomic E-state index is 5.87. The maximum absolute atomic E-state index is 5.87. The third-order valence-corrected chi connectivity index (χ3v) is 2.96. The van der Waals surface area contributed by atoms with Crippen molar-refractivity contribution in [2.24, 2.45) is 5.73 Å². The van der Waals surface area contributed by atoms with Crippen LogP contribution in [0.2, 0.25) is 0 Å². The normalized spacial score (nSPS) is 27.8. The van der Waals surface area contributed by atoms with Gasteiger partial charge >= 0.3 is 0 Å². The molecule has 1 aromatic heterocycles. The van der Waals surface area contributed by atoms with E-state index in [0.717, 1.165) is 25.1 Å². The summed E-state index contributed by atoms with van der Waals surface area (Å²) in [5.74, 6) is 0.770. The van der Waals surface area contributed by atoms with Gasteiger partial charge in [0.2, 0.25) is 0 Å². The molecule has 2 rings (SSSR count). The quantitative estimate of drug-likeness (QED) is 0.775. The molecule has 0 aliphatic heterocycles. The molecule has 0 bridgehead atoms. The zero-order valence-electron chi connectivity index (χ0n) is 7.56. The van der Waals surface area contributed by atoms with E-state index < -0.39 is 0 Å². The Labute approximate surface area is 81.3 Å². The Balaban J connectivity index is 1.97. The Morgan fingerprint density at radius 1 is 1.54 bits per heavy atom. The smallest absolute Gasteiger partial charge is 0.293 e. The number of rotatable bonds is 2. The van der Waals surface area contributed by atoms with E-state index in [4.69, 9.17) is 10.5 Å². The number of aromatic nitrogens is 2. The molecule has 1 saturated carbocycles. The van der Waals surface area contributed by atoms with Crippen molar-refractivity contribution in [1.29, 1.82) is 0 Å². The maximum Gasteiger partial charge on any atom is 0.293 e. The minimum atomic E-state index is 0.146. The summed E-state index contributed by atoms with van der Waals surface area (Å²) in [7, 11) is 0. The highest BCUT2D eigenvalue weighted by molar-refractivity contribution is 7.07. The van der Waals surface area contributed by atoms with Crippen LogP contribution in [0, 0.1) is 6.92 Å².